The molecule has 116 valence electrons. The molecule has 2 aliphatic rings. The first-order valence-corrected chi connectivity index (χ1v) is 9.05. The van der Waals surface area contributed by atoms with Crippen molar-refractivity contribution in [3.63, 3.8) is 0 Å². The summed E-state index contributed by atoms with van der Waals surface area (Å²) >= 11 is 3.56. The molecule has 0 bridgehead atoms. The van der Waals surface area contributed by atoms with E-state index in [9.17, 15) is 0 Å². The highest BCUT2D eigenvalue weighted by Gasteiger charge is 2.55. The van der Waals surface area contributed by atoms with Crippen molar-refractivity contribution in [3.8, 4) is 5.75 Å². The number of hydrogen-bond acceptors (Lipinski definition) is 2. The van der Waals surface area contributed by atoms with E-state index in [1.54, 1.807) is 0 Å². The maximum Gasteiger partial charge on any atom is 0.123 e. The average molecular weight is 352 g/mol. The Balaban J connectivity index is 1.79. The van der Waals surface area contributed by atoms with Crippen LogP contribution in [0.5, 0.6) is 5.75 Å². The van der Waals surface area contributed by atoms with Crippen LogP contribution in [0.4, 0.5) is 0 Å². The Hall–Kier alpha value is -0.540. The van der Waals surface area contributed by atoms with Crippen molar-refractivity contribution in [1.82, 2.24) is 5.32 Å². The number of aryl methyl sites for hydroxylation is 1. The van der Waals surface area contributed by atoms with Gasteiger partial charge < -0.3 is 10.1 Å². The van der Waals surface area contributed by atoms with Crippen molar-refractivity contribution in [2.75, 3.05) is 7.05 Å². The molecule has 3 heteroatoms. The van der Waals surface area contributed by atoms with Gasteiger partial charge in [0.05, 0.1) is 0 Å². The Bertz CT molecular complexity index is 494. The largest absolute Gasteiger partial charge is 0.489 e. The van der Waals surface area contributed by atoms with Gasteiger partial charge in [-0.3, -0.25) is 0 Å². The zero-order valence-corrected chi connectivity index (χ0v) is 14.7. The van der Waals surface area contributed by atoms with Crippen LogP contribution in [0, 0.1) is 12.3 Å². The number of rotatable bonds is 3. The summed E-state index contributed by atoms with van der Waals surface area (Å²) in [5.41, 5.74) is 1.59. The molecule has 3 rings (SSSR count). The fourth-order valence-electron chi connectivity index (χ4n) is 4.23. The Labute approximate surface area is 136 Å². The van der Waals surface area contributed by atoms with Crippen LogP contribution in [-0.4, -0.2) is 19.2 Å². The molecule has 1 spiro atoms. The van der Waals surface area contributed by atoms with Gasteiger partial charge in [-0.05, 0) is 44.5 Å². The number of benzene rings is 1. The first-order chi connectivity index (χ1) is 10.2. The molecule has 0 aliphatic heterocycles. The number of halogens is 1. The predicted octanol–water partition coefficient (Wildman–Crippen LogP) is 4.84. The molecule has 2 saturated carbocycles. The van der Waals surface area contributed by atoms with Gasteiger partial charge in [0, 0.05) is 22.4 Å². The van der Waals surface area contributed by atoms with Gasteiger partial charge in [0.2, 0.25) is 0 Å². The molecule has 0 amide bonds. The highest BCUT2D eigenvalue weighted by atomic mass is 79.9. The van der Waals surface area contributed by atoms with Gasteiger partial charge in [0.25, 0.3) is 0 Å². The molecular formula is C18H26BrNO. The topological polar surface area (TPSA) is 21.3 Å². The smallest absolute Gasteiger partial charge is 0.123 e. The third-order valence-electron chi connectivity index (χ3n) is 5.59. The van der Waals surface area contributed by atoms with Crippen LogP contribution in [0.1, 0.15) is 50.5 Å². The monoisotopic (exact) mass is 351 g/mol. The number of ether oxygens (including phenoxy) is 1. The van der Waals surface area contributed by atoms with Crippen molar-refractivity contribution >= 4 is 15.9 Å². The summed E-state index contributed by atoms with van der Waals surface area (Å²) in [5.74, 6) is 1.05. The van der Waals surface area contributed by atoms with Crippen molar-refractivity contribution < 1.29 is 4.74 Å². The molecule has 0 heterocycles. The van der Waals surface area contributed by atoms with Crippen molar-refractivity contribution in [2.45, 2.75) is 64.0 Å². The SMILES string of the molecule is CNC1CC(Oc2cc(Br)ccc2C)C12CCCCCC2. The van der Waals surface area contributed by atoms with E-state index in [4.69, 9.17) is 4.74 Å². The van der Waals surface area contributed by atoms with Gasteiger partial charge in [-0.1, -0.05) is 47.7 Å². The normalized spacial score (nSPS) is 28.0. The maximum atomic E-state index is 6.47. The molecule has 0 radical (unpaired) electrons. The summed E-state index contributed by atoms with van der Waals surface area (Å²) in [6, 6.07) is 6.97. The maximum absolute atomic E-state index is 6.47. The standard InChI is InChI=1S/C18H26BrNO/c1-13-7-8-14(19)11-15(13)21-17-12-16(20-2)18(17)9-5-3-4-6-10-18/h7-8,11,16-17,20H,3-6,9-10,12H2,1-2H3. The minimum atomic E-state index is 0.361. The summed E-state index contributed by atoms with van der Waals surface area (Å²) in [4.78, 5) is 0. The van der Waals surface area contributed by atoms with Gasteiger partial charge in [-0.2, -0.15) is 0 Å². The van der Waals surface area contributed by atoms with Crippen LogP contribution >= 0.6 is 15.9 Å². The van der Waals surface area contributed by atoms with Crippen LogP contribution in [0.15, 0.2) is 22.7 Å². The molecule has 1 aromatic rings. The third-order valence-corrected chi connectivity index (χ3v) is 6.08. The van der Waals surface area contributed by atoms with E-state index >= 15 is 0 Å². The van der Waals surface area contributed by atoms with Gasteiger partial charge in [-0.25, -0.2) is 0 Å². The van der Waals surface area contributed by atoms with Gasteiger partial charge in [0.15, 0.2) is 0 Å². The van der Waals surface area contributed by atoms with E-state index < -0.39 is 0 Å². The lowest BCUT2D eigenvalue weighted by Crippen LogP contribution is -2.64. The summed E-state index contributed by atoms with van der Waals surface area (Å²) in [6.07, 6.45) is 9.64. The molecule has 2 fully saturated rings. The first-order valence-electron chi connectivity index (χ1n) is 8.26. The Morgan fingerprint density at radius 2 is 1.90 bits per heavy atom. The van der Waals surface area contributed by atoms with Gasteiger partial charge >= 0.3 is 0 Å². The molecule has 2 aliphatic carbocycles. The van der Waals surface area contributed by atoms with Crippen molar-refractivity contribution in [2.24, 2.45) is 5.41 Å². The van der Waals surface area contributed by atoms with E-state index in [-0.39, 0.29) is 0 Å². The zero-order chi connectivity index (χ0) is 14.9. The van der Waals surface area contributed by atoms with E-state index in [2.05, 4.69) is 53.4 Å². The van der Waals surface area contributed by atoms with Crippen LogP contribution in [0.2, 0.25) is 0 Å². The Kier molecular flexibility index (Phi) is 4.60. The zero-order valence-electron chi connectivity index (χ0n) is 13.1. The Morgan fingerprint density at radius 3 is 2.57 bits per heavy atom. The van der Waals surface area contributed by atoms with Crippen LogP contribution in [0.25, 0.3) is 0 Å². The summed E-state index contributed by atoms with van der Waals surface area (Å²) < 4.78 is 7.57. The molecule has 1 N–H and O–H groups in total. The molecule has 2 atom stereocenters. The molecule has 21 heavy (non-hydrogen) atoms. The van der Waals surface area contributed by atoms with Crippen LogP contribution in [0.3, 0.4) is 0 Å². The average Bonchev–Trinajstić information content (AvgIpc) is 2.74. The van der Waals surface area contributed by atoms with Crippen molar-refractivity contribution in [1.29, 1.82) is 0 Å². The van der Waals surface area contributed by atoms with E-state index in [0.29, 0.717) is 17.6 Å². The summed E-state index contributed by atoms with van der Waals surface area (Å²) in [6.45, 7) is 2.13. The fraction of sp³-hybridized carbons (Fsp3) is 0.667. The minimum absolute atomic E-state index is 0.361. The highest BCUT2D eigenvalue weighted by Crippen LogP contribution is 2.52. The van der Waals surface area contributed by atoms with Gasteiger partial charge in [0.1, 0.15) is 11.9 Å². The molecule has 1 aromatic carbocycles. The van der Waals surface area contributed by atoms with Crippen LogP contribution in [-0.2, 0) is 0 Å². The molecule has 0 saturated heterocycles. The number of nitrogens with one attached hydrogen (secondary N) is 1. The number of hydrogen-bond donors (Lipinski definition) is 1. The predicted molar refractivity (Wildman–Crippen MR) is 90.9 cm³/mol. The van der Waals surface area contributed by atoms with Crippen molar-refractivity contribution in [3.05, 3.63) is 28.2 Å². The summed E-state index contributed by atoms with van der Waals surface area (Å²) in [7, 11) is 2.11. The lowest BCUT2D eigenvalue weighted by Gasteiger charge is -2.55. The minimum Gasteiger partial charge on any atom is -0.489 e. The molecule has 0 aromatic heterocycles. The third kappa shape index (κ3) is 2.87. The lowest BCUT2D eigenvalue weighted by molar-refractivity contribution is -0.0884. The summed E-state index contributed by atoms with van der Waals surface area (Å²) in [5, 5.41) is 3.54. The van der Waals surface area contributed by atoms with E-state index in [1.165, 1.54) is 44.1 Å². The Morgan fingerprint density at radius 1 is 1.19 bits per heavy atom. The van der Waals surface area contributed by atoms with E-state index in [0.717, 1.165) is 16.6 Å². The molecular weight excluding hydrogens is 326 g/mol. The quantitative estimate of drug-likeness (QED) is 0.841. The highest BCUT2D eigenvalue weighted by molar-refractivity contribution is 9.10. The van der Waals surface area contributed by atoms with E-state index in [1.807, 2.05) is 0 Å². The fourth-order valence-corrected chi connectivity index (χ4v) is 4.57. The van der Waals surface area contributed by atoms with Gasteiger partial charge in [-0.15, -0.1) is 0 Å². The van der Waals surface area contributed by atoms with Crippen LogP contribution < -0.4 is 10.1 Å². The second-order valence-electron chi connectivity index (χ2n) is 6.74. The first kappa shape index (κ1) is 15.4. The second-order valence-corrected chi connectivity index (χ2v) is 7.66. The lowest BCUT2D eigenvalue weighted by atomic mass is 9.58. The molecule has 2 unspecified atom stereocenters. The molecule has 2 nitrogen and oxygen atoms in total. The second kappa shape index (κ2) is 6.29.